The molecule has 42 heavy (non-hydrogen) atoms. The number of esters is 4. The van der Waals surface area contributed by atoms with Crippen molar-refractivity contribution in [2.24, 2.45) is 0 Å². The average Bonchev–Trinajstić information content (AvgIpc) is 3.27. The van der Waals surface area contributed by atoms with Gasteiger partial charge >= 0.3 is 29.8 Å². The van der Waals surface area contributed by atoms with E-state index in [1.165, 1.54) is 12.1 Å². The van der Waals surface area contributed by atoms with Crippen molar-refractivity contribution in [3.05, 3.63) is 35.1 Å². The molecule has 2 heterocycles. The highest BCUT2D eigenvalue weighted by molar-refractivity contribution is 5.89. The second kappa shape index (κ2) is 10.3. The molecule has 0 radical (unpaired) electrons. The van der Waals surface area contributed by atoms with Gasteiger partial charge in [0.1, 0.15) is 5.76 Å². The van der Waals surface area contributed by atoms with Gasteiger partial charge in [-0.2, -0.15) is 0 Å². The molecule has 0 aromatic heterocycles. The number of likely N-dealkylation sites (N-methyl/N-ethyl adjacent to an activating group) is 1. The van der Waals surface area contributed by atoms with Crippen LogP contribution in [0.5, 0.6) is 11.5 Å². The Hall–Kier alpha value is -4.17. The van der Waals surface area contributed by atoms with Crippen LogP contribution in [0, 0.1) is 0 Å². The number of carbonyl (C=O) groups excluding carboxylic acids is 4. The second-order valence-corrected chi connectivity index (χ2v) is 11.0. The molecule has 1 aromatic carbocycles. The van der Waals surface area contributed by atoms with Crippen molar-refractivity contribution in [3.8, 4) is 11.5 Å². The first-order chi connectivity index (χ1) is 19.7. The number of likely N-dealkylation sites (tertiary alicyclic amines) is 1. The van der Waals surface area contributed by atoms with Crippen LogP contribution in [0.2, 0.25) is 0 Å². The molecule has 2 bridgehead atoms. The molecule has 226 valence electrons. The molecular formula is C28H31NO13. The van der Waals surface area contributed by atoms with Gasteiger partial charge in [-0.25, -0.2) is 14.4 Å². The summed E-state index contributed by atoms with van der Waals surface area (Å²) in [6.45, 7) is 3.57. The lowest BCUT2D eigenvalue weighted by Crippen LogP contribution is -2.74. The smallest absolute Gasteiger partial charge is 0.352 e. The summed E-state index contributed by atoms with van der Waals surface area (Å²) in [4.78, 5) is 62.6. The van der Waals surface area contributed by atoms with E-state index in [0.29, 0.717) is 24.9 Å². The SMILES string of the molecule is CC(=O)O[C@@H](C(=O)O)[C@@H](OC(C)=O)C(=O)O[C@@H](C)C(=O)OC1=CC[C@]2(O)[C@@H]3Cc4ccc(O)c5c4[C@]2(CCN3C)[C@@H]1O5. The van der Waals surface area contributed by atoms with Crippen LogP contribution in [0.1, 0.15) is 44.7 Å². The average molecular weight is 590 g/mol. The minimum Gasteiger partial charge on any atom is -0.504 e. The maximum Gasteiger partial charge on any atom is 0.352 e. The quantitative estimate of drug-likeness (QED) is 0.273. The van der Waals surface area contributed by atoms with Gasteiger partial charge in [-0.15, -0.1) is 0 Å². The fourth-order valence-electron chi connectivity index (χ4n) is 6.76. The largest absolute Gasteiger partial charge is 0.504 e. The second-order valence-electron chi connectivity index (χ2n) is 11.0. The number of rotatable bonds is 8. The molecule has 1 spiro atoms. The van der Waals surface area contributed by atoms with Crippen LogP contribution in [0.3, 0.4) is 0 Å². The molecule has 1 saturated heterocycles. The van der Waals surface area contributed by atoms with E-state index in [4.69, 9.17) is 18.9 Å². The first-order valence-electron chi connectivity index (χ1n) is 13.3. The number of aliphatic carboxylic acids is 1. The summed E-state index contributed by atoms with van der Waals surface area (Å²) >= 11 is 0. The van der Waals surface area contributed by atoms with Gasteiger partial charge in [-0.1, -0.05) is 6.07 Å². The zero-order chi connectivity index (χ0) is 30.7. The number of hydrogen-bond acceptors (Lipinski definition) is 13. The number of piperidine rings is 1. The number of hydrogen-bond donors (Lipinski definition) is 3. The van der Waals surface area contributed by atoms with Crippen LogP contribution >= 0.6 is 0 Å². The summed E-state index contributed by atoms with van der Waals surface area (Å²) < 4.78 is 26.3. The number of phenols is 1. The minimum absolute atomic E-state index is 0.0548. The summed E-state index contributed by atoms with van der Waals surface area (Å²) in [7, 11) is 1.93. The van der Waals surface area contributed by atoms with Crippen molar-refractivity contribution < 1.29 is 63.0 Å². The lowest BCUT2D eigenvalue weighted by atomic mass is 9.50. The molecule has 1 fully saturated rings. The Balaban J connectivity index is 1.39. The first kappa shape index (κ1) is 29.3. The number of benzene rings is 1. The Bertz CT molecular complexity index is 1400. The highest BCUT2D eigenvalue weighted by Crippen LogP contribution is 2.65. The van der Waals surface area contributed by atoms with Crippen LogP contribution in [0.15, 0.2) is 24.0 Å². The van der Waals surface area contributed by atoms with Crippen molar-refractivity contribution in [2.45, 2.75) is 81.5 Å². The number of phenolic OH excluding ortho intramolecular Hbond substituents is 1. The van der Waals surface area contributed by atoms with Gasteiger partial charge < -0.3 is 43.9 Å². The van der Waals surface area contributed by atoms with Crippen LogP contribution < -0.4 is 4.74 Å². The van der Waals surface area contributed by atoms with Crippen molar-refractivity contribution in [3.63, 3.8) is 0 Å². The lowest BCUT2D eigenvalue weighted by Gasteiger charge is -2.61. The van der Waals surface area contributed by atoms with E-state index in [-0.39, 0.29) is 29.7 Å². The van der Waals surface area contributed by atoms with E-state index in [9.17, 15) is 39.3 Å². The van der Waals surface area contributed by atoms with Crippen molar-refractivity contribution in [2.75, 3.05) is 13.6 Å². The third-order valence-corrected chi connectivity index (χ3v) is 8.53. The van der Waals surface area contributed by atoms with Crippen LogP contribution in [0.25, 0.3) is 0 Å². The normalized spacial score (nSPS) is 29.0. The topological polar surface area (TPSA) is 195 Å². The number of carboxylic acid groups (broad SMARTS) is 1. The Labute approximate surface area is 239 Å². The van der Waals surface area contributed by atoms with Gasteiger partial charge in [-0.05, 0) is 51.1 Å². The van der Waals surface area contributed by atoms with Gasteiger partial charge in [0.25, 0.3) is 0 Å². The number of carboxylic acids is 1. The van der Waals surface area contributed by atoms with Crippen molar-refractivity contribution in [1.29, 1.82) is 0 Å². The van der Waals surface area contributed by atoms with Crippen LogP contribution in [-0.2, 0) is 54.8 Å². The molecule has 7 atom stereocenters. The summed E-state index contributed by atoms with van der Waals surface area (Å²) in [5.41, 5.74) is -0.701. The van der Waals surface area contributed by atoms with Gasteiger partial charge in [0, 0.05) is 31.9 Å². The standard InChI is InChI=1S/C28H31NO13/c1-12(38-26(36)22(40-14(3)31)21(24(33)34)39-13(2)30)25(35)41-17-7-8-28(37)18-11-15-5-6-16(32)20-19(15)27(28,23(17)42-20)9-10-29(18)4/h5-7,12,18,21-23,32,37H,8-11H2,1-4H3,(H,33,34)/t12-,18-,21+,22+,23+,27+,28-/m0/s1. The minimum atomic E-state index is -2.23. The number of aromatic hydroxyl groups is 1. The van der Waals surface area contributed by atoms with E-state index in [1.54, 1.807) is 6.07 Å². The Kier molecular flexibility index (Phi) is 7.18. The van der Waals surface area contributed by atoms with Gasteiger partial charge in [0.05, 0.1) is 11.0 Å². The highest BCUT2D eigenvalue weighted by atomic mass is 16.6. The lowest BCUT2D eigenvalue weighted by molar-refractivity contribution is -0.193. The van der Waals surface area contributed by atoms with E-state index < -0.39 is 65.3 Å². The molecule has 4 aliphatic rings. The van der Waals surface area contributed by atoms with E-state index in [2.05, 4.69) is 9.64 Å². The monoisotopic (exact) mass is 589 g/mol. The third-order valence-electron chi connectivity index (χ3n) is 8.53. The molecule has 2 aliphatic heterocycles. The molecule has 14 heteroatoms. The highest BCUT2D eigenvalue weighted by Gasteiger charge is 2.72. The van der Waals surface area contributed by atoms with Crippen molar-refractivity contribution >= 4 is 29.8 Å². The third kappa shape index (κ3) is 4.36. The zero-order valence-electron chi connectivity index (χ0n) is 23.3. The summed E-state index contributed by atoms with van der Waals surface area (Å²) in [6, 6.07) is 3.07. The first-order valence-corrected chi connectivity index (χ1v) is 13.3. The fourth-order valence-corrected chi connectivity index (χ4v) is 6.76. The molecule has 0 unspecified atom stereocenters. The maximum absolute atomic E-state index is 13.1. The molecule has 14 nitrogen and oxygen atoms in total. The molecule has 0 amide bonds. The molecule has 5 rings (SSSR count). The molecule has 1 aromatic rings. The Morgan fingerprint density at radius 2 is 1.71 bits per heavy atom. The van der Waals surface area contributed by atoms with E-state index in [1.807, 2.05) is 7.05 Å². The summed E-state index contributed by atoms with van der Waals surface area (Å²) in [5, 5.41) is 32.2. The van der Waals surface area contributed by atoms with E-state index >= 15 is 0 Å². The number of carbonyl (C=O) groups is 5. The predicted octanol–water partition coefficient (Wildman–Crippen LogP) is 0.0928. The number of ether oxygens (including phenoxy) is 5. The summed E-state index contributed by atoms with van der Waals surface area (Å²) in [5.74, 6) is -6.27. The Morgan fingerprint density at radius 1 is 1.05 bits per heavy atom. The summed E-state index contributed by atoms with van der Waals surface area (Å²) in [6.07, 6.45) is -4.40. The zero-order valence-corrected chi connectivity index (χ0v) is 23.3. The van der Waals surface area contributed by atoms with Gasteiger partial charge in [0.2, 0.25) is 12.2 Å². The van der Waals surface area contributed by atoms with E-state index in [0.717, 1.165) is 26.3 Å². The number of aliphatic hydroxyl groups is 1. The molecule has 2 aliphatic carbocycles. The fraction of sp³-hybridized carbons (Fsp3) is 0.536. The number of nitrogens with zero attached hydrogens (tertiary/aromatic N) is 1. The van der Waals surface area contributed by atoms with Crippen LogP contribution in [-0.4, -0.2) is 99.7 Å². The van der Waals surface area contributed by atoms with Gasteiger partial charge in [-0.3, -0.25) is 9.59 Å². The maximum atomic E-state index is 13.1. The molecule has 3 N–H and O–H groups in total. The molecule has 0 saturated carbocycles. The predicted molar refractivity (Wildman–Crippen MR) is 137 cm³/mol. The Morgan fingerprint density at radius 3 is 2.36 bits per heavy atom. The molecular weight excluding hydrogens is 558 g/mol. The van der Waals surface area contributed by atoms with Gasteiger partial charge in [0.15, 0.2) is 23.7 Å². The van der Waals surface area contributed by atoms with Crippen LogP contribution in [0.4, 0.5) is 0 Å². The van der Waals surface area contributed by atoms with Crippen molar-refractivity contribution in [1.82, 2.24) is 4.90 Å².